The monoisotopic (exact) mass is 231 g/mol. The van der Waals surface area contributed by atoms with Gasteiger partial charge in [-0.3, -0.25) is 4.68 Å². The molecule has 4 nitrogen and oxygen atoms in total. The zero-order valence-corrected chi connectivity index (χ0v) is 10.1. The van der Waals surface area contributed by atoms with Crippen molar-refractivity contribution in [3.8, 4) is 5.75 Å². The number of para-hydroxylation sites is 1. The Morgan fingerprint density at radius 2 is 2.18 bits per heavy atom. The third-order valence-corrected chi connectivity index (χ3v) is 2.68. The van der Waals surface area contributed by atoms with Crippen LogP contribution in [0.3, 0.4) is 0 Å². The normalized spacial score (nSPS) is 12.4. The van der Waals surface area contributed by atoms with E-state index < -0.39 is 0 Å². The lowest BCUT2D eigenvalue weighted by molar-refractivity contribution is 0.400. The Hall–Kier alpha value is -1.81. The van der Waals surface area contributed by atoms with Crippen molar-refractivity contribution < 1.29 is 4.74 Å². The minimum atomic E-state index is -0.120. The second kappa shape index (κ2) is 5.01. The summed E-state index contributed by atoms with van der Waals surface area (Å²) in [5.41, 5.74) is 8.31. The standard InChI is InChI=1S/C13H17N3O/c1-10-7-15-16(8-10)9-12(14)11-5-3-4-6-13(11)17-2/h3-8,12H,9,14H2,1-2H3. The van der Waals surface area contributed by atoms with Crippen molar-refractivity contribution in [2.24, 2.45) is 5.73 Å². The van der Waals surface area contributed by atoms with Crippen LogP contribution in [-0.2, 0) is 6.54 Å². The molecule has 1 unspecified atom stereocenters. The fraction of sp³-hybridized carbons (Fsp3) is 0.308. The number of nitrogens with zero attached hydrogens (tertiary/aromatic N) is 2. The van der Waals surface area contributed by atoms with Gasteiger partial charge in [-0.05, 0) is 18.6 Å². The van der Waals surface area contributed by atoms with Crippen LogP contribution in [0.5, 0.6) is 5.75 Å². The SMILES string of the molecule is COc1ccccc1C(N)Cn1cc(C)cn1. The number of aryl methyl sites for hydroxylation is 1. The van der Waals surface area contributed by atoms with Gasteiger partial charge in [0.05, 0.1) is 25.9 Å². The Morgan fingerprint density at radius 3 is 2.82 bits per heavy atom. The Balaban J connectivity index is 2.16. The van der Waals surface area contributed by atoms with Crippen molar-refractivity contribution in [3.05, 3.63) is 47.8 Å². The Kier molecular flexibility index (Phi) is 3.44. The van der Waals surface area contributed by atoms with E-state index in [1.807, 2.05) is 48.3 Å². The summed E-state index contributed by atoms with van der Waals surface area (Å²) in [6.45, 7) is 2.66. The van der Waals surface area contributed by atoms with Gasteiger partial charge in [-0.15, -0.1) is 0 Å². The van der Waals surface area contributed by atoms with Gasteiger partial charge < -0.3 is 10.5 Å². The van der Waals surface area contributed by atoms with E-state index in [9.17, 15) is 0 Å². The van der Waals surface area contributed by atoms with Crippen LogP contribution >= 0.6 is 0 Å². The fourth-order valence-corrected chi connectivity index (χ4v) is 1.84. The smallest absolute Gasteiger partial charge is 0.123 e. The van der Waals surface area contributed by atoms with Gasteiger partial charge in [0.25, 0.3) is 0 Å². The zero-order chi connectivity index (χ0) is 12.3. The summed E-state index contributed by atoms with van der Waals surface area (Å²) in [5, 5.41) is 4.23. The van der Waals surface area contributed by atoms with Gasteiger partial charge >= 0.3 is 0 Å². The first-order valence-electron chi connectivity index (χ1n) is 5.58. The van der Waals surface area contributed by atoms with Crippen LogP contribution in [0.15, 0.2) is 36.7 Å². The van der Waals surface area contributed by atoms with Crippen LogP contribution in [0, 0.1) is 6.92 Å². The molecule has 0 saturated carbocycles. The van der Waals surface area contributed by atoms with Gasteiger partial charge in [-0.2, -0.15) is 5.10 Å². The van der Waals surface area contributed by atoms with Crippen LogP contribution in [0.25, 0.3) is 0 Å². The number of rotatable bonds is 4. The number of aromatic nitrogens is 2. The van der Waals surface area contributed by atoms with Crippen molar-refractivity contribution in [1.29, 1.82) is 0 Å². The summed E-state index contributed by atoms with van der Waals surface area (Å²) in [7, 11) is 1.66. The van der Waals surface area contributed by atoms with Crippen molar-refractivity contribution in [2.45, 2.75) is 19.5 Å². The predicted octanol–water partition coefficient (Wildman–Crippen LogP) is 1.90. The van der Waals surface area contributed by atoms with E-state index >= 15 is 0 Å². The molecule has 0 aliphatic rings. The van der Waals surface area contributed by atoms with Crippen LogP contribution in [0.4, 0.5) is 0 Å². The van der Waals surface area contributed by atoms with Gasteiger partial charge in [0, 0.05) is 11.8 Å². The molecule has 0 bridgehead atoms. The average Bonchev–Trinajstić information content (AvgIpc) is 2.74. The summed E-state index contributed by atoms with van der Waals surface area (Å²) >= 11 is 0. The molecule has 1 aromatic heterocycles. The number of hydrogen-bond donors (Lipinski definition) is 1. The highest BCUT2D eigenvalue weighted by atomic mass is 16.5. The fourth-order valence-electron chi connectivity index (χ4n) is 1.84. The maximum Gasteiger partial charge on any atom is 0.123 e. The molecule has 1 aromatic carbocycles. The van der Waals surface area contributed by atoms with E-state index in [2.05, 4.69) is 5.10 Å². The second-order valence-electron chi connectivity index (χ2n) is 4.09. The molecule has 1 atom stereocenters. The van der Waals surface area contributed by atoms with Crippen LogP contribution < -0.4 is 10.5 Å². The minimum absolute atomic E-state index is 0.120. The predicted molar refractivity (Wildman–Crippen MR) is 66.9 cm³/mol. The topological polar surface area (TPSA) is 53.1 Å². The van der Waals surface area contributed by atoms with E-state index in [0.29, 0.717) is 6.54 Å². The van der Waals surface area contributed by atoms with E-state index in [0.717, 1.165) is 16.9 Å². The summed E-state index contributed by atoms with van der Waals surface area (Å²) in [4.78, 5) is 0. The van der Waals surface area contributed by atoms with E-state index in [1.54, 1.807) is 7.11 Å². The molecule has 0 fully saturated rings. The molecule has 0 saturated heterocycles. The van der Waals surface area contributed by atoms with Crippen LogP contribution in [0.1, 0.15) is 17.2 Å². The summed E-state index contributed by atoms with van der Waals surface area (Å²) < 4.78 is 7.15. The van der Waals surface area contributed by atoms with Crippen molar-refractivity contribution >= 4 is 0 Å². The van der Waals surface area contributed by atoms with Crippen LogP contribution in [0.2, 0.25) is 0 Å². The second-order valence-corrected chi connectivity index (χ2v) is 4.09. The van der Waals surface area contributed by atoms with E-state index in [-0.39, 0.29) is 6.04 Å². The first-order valence-corrected chi connectivity index (χ1v) is 5.58. The maximum atomic E-state index is 6.17. The Morgan fingerprint density at radius 1 is 1.41 bits per heavy atom. The number of methoxy groups -OCH3 is 1. The molecule has 0 amide bonds. The van der Waals surface area contributed by atoms with E-state index in [4.69, 9.17) is 10.5 Å². The molecule has 0 spiro atoms. The summed E-state index contributed by atoms with van der Waals surface area (Å²) in [6.07, 6.45) is 3.81. The highest BCUT2D eigenvalue weighted by molar-refractivity contribution is 5.35. The summed E-state index contributed by atoms with van der Waals surface area (Å²) in [6, 6.07) is 7.69. The third-order valence-electron chi connectivity index (χ3n) is 2.68. The lowest BCUT2D eigenvalue weighted by Gasteiger charge is -2.15. The van der Waals surface area contributed by atoms with Gasteiger partial charge in [-0.1, -0.05) is 18.2 Å². The number of ether oxygens (including phenoxy) is 1. The Labute approximate surface area is 101 Å². The molecule has 4 heteroatoms. The molecule has 90 valence electrons. The third kappa shape index (κ3) is 2.65. The molecule has 2 aromatic rings. The Bertz CT molecular complexity index is 493. The van der Waals surface area contributed by atoms with E-state index in [1.165, 1.54) is 0 Å². The molecule has 1 heterocycles. The highest BCUT2D eigenvalue weighted by Crippen LogP contribution is 2.23. The lowest BCUT2D eigenvalue weighted by atomic mass is 10.1. The van der Waals surface area contributed by atoms with Gasteiger partial charge in [-0.25, -0.2) is 0 Å². The molecule has 2 rings (SSSR count). The molecule has 0 aliphatic carbocycles. The van der Waals surface area contributed by atoms with Crippen molar-refractivity contribution in [2.75, 3.05) is 7.11 Å². The lowest BCUT2D eigenvalue weighted by Crippen LogP contribution is -2.18. The van der Waals surface area contributed by atoms with Gasteiger partial charge in [0.15, 0.2) is 0 Å². The number of benzene rings is 1. The molecule has 17 heavy (non-hydrogen) atoms. The first kappa shape index (κ1) is 11.7. The summed E-state index contributed by atoms with van der Waals surface area (Å²) in [5.74, 6) is 0.823. The molecule has 0 radical (unpaired) electrons. The number of nitrogens with two attached hydrogens (primary N) is 1. The molecular formula is C13H17N3O. The number of hydrogen-bond acceptors (Lipinski definition) is 3. The molecule has 0 aliphatic heterocycles. The van der Waals surface area contributed by atoms with Crippen molar-refractivity contribution in [1.82, 2.24) is 9.78 Å². The van der Waals surface area contributed by atoms with Crippen molar-refractivity contribution in [3.63, 3.8) is 0 Å². The largest absolute Gasteiger partial charge is 0.496 e. The maximum absolute atomic E-state index is 6.17. The minimum Gasteiger partial charge on any atom is -0.496 e. The first-order chi connectivity index (χ1) is 8.20. The highest BCUT2D eigenvalue weighted by Gasteiger charge is 2.12. The zero-order valence-electron chi connectivity index (χ0n) is 10.1. The van der Waals surface area contributed by atoms with Gasteiger partial charge in [0.1, 0.15) is 5.75 Å². The quantitative estimate of drug-likeness (QED) is 0.874. The van der Waals surface area contributed by atoms with Crippen LogP contribution in [-0.4, -0.2) is 16.9 Å². The van der Waals surface area contributed by atoms with Gasteiger partial charge in [0.2, 0.25) is 0 Å². The average molecular weight is 231 g/mol. The molecule has 2 N–H and O–H groups in total. The molecular weight excluding hydrogens is 214 g/mol.